The Hall–Kier alpha value is -3.95. The molecule has 10 heteroatoms. The number of rotatable bonds is 7. The molecule has 0 amide bonds. The highest BCUT2D eigenvalue weighted by Gasteiger charge is 2.14. The van der Waals surface area contributed by atoms with E-state index in [4.69, 9.17) is 4.74 Å². The quantitative estimate of drug-likeness (QED) is 0.408. The van der Waals surface area contributed by atoms with Crippen LogP contribution in [0.4, 0.5) is 0 Å². The van der Waals surface area contributed by atoms with Crippen LogP contribution in [0.1, 0.15) is 12.0 Å². The zero-order valence-electron chi connectivity index (χ0n) is 17.3. The number of ether oxygens (including phenoxy) is 1. The average molecular weight is 422 g/mol. The van der Waals surface area contributed by atoms with Crippen molar-refractivity contribution in [1.82, 2.24) is 28.5 Å². The van der Waals surface area contributed by atoms with Crippen molar-refractivity contribution < 1.29 is 9.53 Å². The second-order valence-electron chi connectivity index (χ2n) is 7.17. The first-order valence-electron chi connectivity index (χ1n) is 9.81. The van der Waals surface area contributed by atoms with Crippen molar-refractivity contribution >= 4 is 17.1 Å². The largest absolute Gasteiger partial charge is 0.464 e. The molecule has 160 valence electrons. The Morgan fingerprint density at radius 1 is 1.10 bits per heavy atom. The molecule has 0 unspecified atom stereocenters. The normalized spacial score (nSPS) is 11.2. The molecule has 0 aliphatic rings. The van der Waals surface area contributed by atoms with Crippen LogP contribution in [-0.4, -0.2) is 41.0 Å². The molecule has 3 heterocycles. The molecule has 0 aliphatic heterocycles. The number of aromatic nitrogens is 6. The lowest BCUT2D eigenvalue weighted by Gasteiger charge is -2.07. The summed E-state index contributed by atoms with van der Waals surface area (Å²) >= 11 is 0. The third-order valence-electron chi connectivity index (χ3n) is 5.09. The van der Waals surface area contributed by atoms with E-state index in [1.165, 1.54) is 17.9 Å². The van der Waals surface area contributed by atoms with Crippen LogP contribution in [0.25, 0.3) is 16.9 Å². The van der Waals surface area contributed by atoms with Gasteiger partial charge < -0.3 is 9.30 Å². The van der Waals surface area contributed by atoms with Crippen LogP contribution in [0.3, 0.4) is 0 Å². The van der Waals surface area contributed by atoms with Crippen molar-refractivity contribution in [3.63, 3.8) is 0 Å². The van der Waals surface area contributed by atoms with Gasteiger partial charge in [0.1, 0.15) is 6.61 Å². The van der Waals surface area contributed by atoms with Gasteiger partial charge in [-0.25, -0.2) is 14.5 Å². The van der Waals surface area contributed by atoms with Crippen molar-refractivity contribution in [3.05, 3.63) is 75.5 Å². The van der Waals surface area contributed by atoms with Crippen molar-refractivity contribution in [2.45, 2.75) is 19.4 Å². The molecule has 4 aromatic rings. The maximum Gasteiger partial charge on any atom is 0.332 e. The van der Waals surface area contributed by atoms with Gasteiger partial charge in [-0.3, -0.25) is 18.7 Å². The van der Waals surface area contributed by atoms with E-state index in [1.807, 2.05) is 36.5 Å². The predicted molar refractivity (Wildman–Crippen MR) is 113 cm³/mol. The fourth-order valence-electron chi connectivity index (χ4n) is 3.35. The molecule has 3 aromatic heterocycles. The van der Waals surface area contributed by atoms with E-state index >= 15 is 0 Å². The summed E-state index contributed by atoms with van der Waals surface area (Å²) in [5.74, 6) is -0.336. The van der Waals surface area contributed by atoms with E-state index in [2.05, 4.69) is 10.1 Å². The number of carbonyl (C=O) groups is 1. The summed E-state index contributed by atoms with van der Waals surface area (Å²) in [5.41, 5.74) is 1.62. The number of fused-ring (bicyclic) bond motifs is 1. The van der Waals surface area contributed by atoms with Crippen LogP contribution in [0.2, 0.25) is 0 Å². The second-order valence-corrected chi connectivity index (χ2v) is 7.17. The van der Waals surface area contributed by atoms with Crippen LogP contribution in [-0.2, 0) is 36.6 Å². The molecular weight excluding hydrogens is 400 g/mol. The van der Waals surface area contributed by atoms with E-state index in [-0.39, 0.29) is 25.5 Å². The number of carbonyl (C=O) groups excluding carboxylic acids is 1. The fourth-order valence-corrected chi connectivity index (χ4v) is 3.35. The summed E-state index contributed by atoms with van der Waals surface area (Å²) in [5, 5.41) is 4.32. The summed E-state index contributed by atoms with van der Waals surface area (Å²) < 4.78 is 11.0. The van der Waals surface area contributed by atoms with Gasteiger partial charge >= 0.3 is 11.7 Å². The van der Waals surface area contributed by atoms with Crippen molar-refractivity contribution in [3.8, 4) is 5.69 Å². The van der Waals surface area contributed by atoms with E-state index in [9.17, 15) is 14.4 Å². The smallest absolute Gasteiger partial charge is 0.332 e. The summed E-state index contributed by atoms with van der Waals surface area (Å²) in [7, 11) is 2.98. The first-order chi connectivity index (χ1) is 15.0. The van der Waals surface area contributed by atoms with Crippen LogP contribution in [0.15, 0.2) is 58.6 Å². The molecule has 4 rings (SSSR count). The average Bonchev–Trinajstić information content (AvgIpc) is 3.43. The highest BCUT2D eigenvalue weighted by atomic mass is 16.5. The maximum atomic E-state index is 12.4. The molecule has 0 atom stereocenters. The molecule has 0 fully saturated rings. The van der Waals surface area contributed by atoms with E-state index in [1.54, 1.807) is 22.5 Å². The lowest BCUT2D eigenvalue weighted by atomic mass is 10.2. The third kappa shape index (κ3) is 4.04. The maximum absolute atomic E-state index is 12.4. The number of esters is 1. The van der Waals surface area contributed by atoms with Crippen LogP contribution in [0.5, 0.6) is 0 Å². The first kappa shape index (κ1) is 20.3. The van der Waals surface area contributed by atoms with Gasteiger partial charge in [0.2, 0.25) is 0 Å². The summed E-state index contributed by atoms with van der Waals surface area (Å²) in [6.45, 7) is 0.362. The standard InChI is InChI=1S/C21H22N6O4/c1-24-19-18(20(29)25(2)21(24)30)26(14-22-19)10-11-31-17(28)9-8-15-12-23-27(13-15)16-6-4-3-5-7-16/h3-7,12-14H,8-11H2,1-2H3. The Bertz CT molecular complexity index is 1350. The molecular formula is C21H22N6O4. The minimum absolute atomic E-state index is 0.0968. The lowest BCUT2D eigenvalue weighted by molar-refractivity contribution is -0.143. The number of benzene rings is 1. The van der Waals surface area contributed by atoms with Gasteiger partial charge in [0.05, 0.1) is 24.8 Å². The van der Waals surface area contributed by atoms with Gasteiger partial charge in [-0.2, -0.15) is 5.10 Å². The number of para-hydroxylation sites is 1. The fraction of sp³-hybridized carbons (Fsp3) is 0.286. The molecule has 1 aromatic carbocycles. The Kier molecular flexibility index (Phi) is 5.52. The predicted octanol–water partition coefficient (Wildman–Crippen LogP) is 0.795. The van der Waals surface area contributed by atoms with Gasteiger partial charge in [0.15, 0.2) is 11.2 Å². The van der Waals surface area contributed by atoms with Crippen LogP contribution < -0.4 is 11.2 Å². The highest BCUT2D eigenvalue weighted by Crippen LogP contribution is 2.10. The molecule has 0 N–H and O–H groups in total. The van der Waals surface area contributed by atoms with Gasteiger partial charge in [-0.05, 0) is 24.1 Å². The molecule has 0 radical (unpaired) electrons. The monoisotopic (exact) mass is 422 g/mol. The van der Waals surface area contributed by atoms with E-state index < -0.39 is 11.2 Å². The van der Waals surface area contributed by atoms with Crippen LogP contribution >= 0.6 is 0 Å². The van der Waals surface area contributed by atoms with E-state index in [0.717, 1.165) is 15.8 Å². The zero-order chi connectivity index (χ0) is 22.0. The SMILES string of the molecule is Cn1c(=O)c2c(ncn2CCOC(=O)CCc2cnn(-c3ccccc3)c2)n(C)c1=O. The van der Waals surface area contributed by atoms with Crippen molar-refractivity contribution in [2.24, 2.45) is 14.1 Å². The topological polar surface area (TPSA) is 106 Å². The lowest BCUT2D eigenvalue weighted by Crippen LogP contribution is -2.37. The summed E-state index contributed by atoms with van der Waals surface area (Å²) in [6, 6.07) is 9.72. The van der Waals surface area contributed by atoms with E-state index in [0.29, 0.717) is 17.6 Å². The van der Waals surface area contributed by atoms with Gasteiger partial charge in [0, 0.05) is 26.7 Å². The number of imidazole rings is 1. The highest BCUT2D eigenvalue weighted by molar-refractivity contribution is 5.70. The number of hydrogen-bond donors (Lipinski definition) is 0. The Balaban J connectivity index is 1.33. The Morgan fingerprint density at radius 3 is 2.65 bits per heavy atom. The van der Waals surface area contributed by atoms with Gasteiger partial charge in [0.25, 0.3) is 5.56 Å². The van der Waals surface area contributed by atoms with Gasteiger partial charge in [-0.1, -0.05) is 18.2 Å². The van der Waals surface area contributed by atoms with Crippen molar-refractivity contribution in [2.75, 3.05) is 6.61 Å². The van der Waals surface area contributed by atoms with Crippen LogP contribution in [0, 0.1) is 0 Å². The second kappa shape index (κ2) is 8.42. The number of aryl methyl sites for hydroxylation is 2. The molecule has 0 saturated heterocycles. The summed E-state index contributed by atoms with van der Waals surface area (Å²) in [4.78, 5) is 40.7. The number of hydrogen-bond acceptors (Lipinski definition) is 6. The molecule has 31 heavy (non-hydrogen) atoms. The Labute approximate surface area is 176 Å². The number of nitrogens with zero attached hydrogens (tertiary/aromatic N) is 6. The summed E-state index contributed by atoms with van der Waals surface area (Å²) in [6.07, 6.45) is 5.83. The third-order valence-corrected chi connectivity index (χ3v) is 5.09. The molecule has 0 spiro atoms. The zero-order valence-corrected chi connectivity index (χ0v) is 17.3. The molecule has 0 bridgehead atoms. The van der Waals surface area contributed by atoms with Crippen molar-refractivity contribution in [1.29, 1.82) is 0 Å². The minimum atomic E-state index is -0.440. The minimum Gasteiger partial charge on any atom is -0.464 e. The molecule has 0 aliphatic carbocycles. The Morgan fingerprint density at radius 2 is 1.87 bits per heavy atom. The first-order valence-corrected chi connectivity index (χ1v) is 9.81. The molecule has 0 saturated carbocycles. The van der Waals surface area contributed by atoms with Gasteiger partial charge in [-0.15, -0.1) is 0 Å². The molecule has 10 nitrogen and oxygen atoms in total.